The zero-order valence-corrected chi connectivity index (χ0v) is 12.2. The van der Waals surface area contributed by atoms with Gasteiger partial charge in [-0.05, 0) is 55.1 Å². The minimum Gasteiger partial charge on any atom is -0.481 e. The van der Waals surface area contributed by atoms with Gasteiger partial charge < -0.3 is 9.84 Å². The van der Waals surface area contributed by atoms with Gasteiger partial charge in [0, 0.05) is 6.07 Å². The van der Waals surface area contributed by atoms with Gasteiger partial charge in [-0.25, -0.2) is 4.98 Å². The molecule has 100 valence electrons. The molecule has 0 aromatic carbocycles. The molecular weight excluding hydrogens is 298 g/mol. The number of carboxylic acids is 1. The molecular formula is C13H18BrNO3. The van der Waals surface area contributed by atoms with Crippen molar-refractivity contribution >= 4 is 21.9 Å². The molecule has 1 N–H and O–H groups in total. The lowest BCUT2D eigenvalue weighted by Crippen LogP contribution is -2.23. The molecule has 1 heterocycles. The smallest absolute Gasteiger partial charge is 0.309 e. The van der Waals surface area contributed by atoms with Gasteiger partial charge in [0.1, 0.15) is 4.60 Å². The van der Waals surface area contributed by atoms with E-state index >= 15 is 0 Å². The van der Waals surface area contributed by atoms with Crippen LogP contribution in [0.3, 0.4) is 0 Å². The molecule has 0 saturated heterocycles. The number of hydrogen-bond acceptors (Lipinski definition) is 3. The second-order valence-corrected chi connectivity index (χ2v) is 5.61. The molecule has 5 heteroatoms. The number of pyridine rings is 1. The van der Waals surface area contributed by atoms with Crippen molar-refractivity contribution in [3.63, 3.8) is 0 Å². The van der Waals surface area contributed by atoms with Gasteiger partial charge >= 0.3 is 5.97 Å². The van der Waals surface area contributed by atoms with Crippen LogP contribution in [0.1, 0.15) is 33.1 Å². The molecule has 0 atom stereocenters. The predicted octanol–water partition coefficient (Wildman–Crippen LogP) is 3.50. The Kier molecular flexibility index (Phi) is 5.59. The van der Waals surface area contributed by atoms with Crippen LogP contribution in [0.25, 0.3) is 0 Å². The molecule has 1 rings (SSSR count). The molecule has 0 aliphatic carbocycles. The number of aromatic nitrogens is 1. The Labute approximate surface area is 116 Å². The van der Waals surface area contributed by atoms with Crippen LogP contribution in [-0.2, 0) is 4.79 Å². The summed E-state index contributed by atoms with van der Waals surface area (Å²) in [6.45, 7) is 4.04. The lowest BCUT2D eigenvalue weighted by Gasteiger charge is -2.18. The van der Waals surface area contributed by atoms with E-state index in [9.17, 15) is 4.79 Å². The van der Waals surface area contributed by atoms with E-state index in [-0.39, 0.29) is 0 Å². The molecule has 0 aliphatic heterocycles. The van der Waals surface area contributed by atoms with Gasteiger partial charge in [0.2, 0.25) is 5.88 Å². The average Bonchev–Trinajstić information content (AvgIpc) is 2.28. The number of hydrogen-bond donors (Lipinski definition) is 1. The second kappa shape index (κ2) is 6.73. The molecule has 4 nitrogen and oxygen atoms in total. The van der Waals surface area contributed by atoms with Crippen LogP contribution in [0.4, 0.5) is 0 Å². The first-order valence-corrected chi connectivity index (χ1v) is 6.70. The summed E-state index contributed by atoms with van der Waals surface area (Å²) in [5.41, 5.74) is -0.659. The second-order valence-electron chi connectivity index (χ2n) is 4.79. The molecule has 0 fully saturated rings. The van der Waals surface area contributed by atoms with Crippen LogP contribution in [-0.4, -0.2) is 22.7 Å². The van der Waals surface area contributed by atoms with Gasteiger partial charge in [-0.15, -0.1) is 0 Å². The third-order valence-corrected chi connectivity index (χ3v) is 3.16. The van der Waals surface area contributed by atoms with Gasteiger partial charge in [0.15, 0.2) is 0 Å². The maximum Gasteiger partial charge on any atom is 0.309 e. The van der Waals surface area contributed by atoms with Gasteiger partial charge in [-0.3, -0.25) is 4.79 Å². The quantitative estimate of drug-likeness (QED) is 0.618. The van der Waals surface area contributed by atoms with Crippen LogP contribution in [0.5, 0.6) is 5.88 Å². The lowest BCUT2D eigenvalue weighted by molar-refractivity contribution is -0.147. The molecule has 0 spiro atoms. The summed E-state index contributed by atoms with van der Waals surface area (Å²) >= 11 is 3.27. The zero-order valence-electron chi connectivity index (χ0n) is 10.6. The minimum absolute atomic E-state index is 0.555. The van der Waals surface area contributed by atoms with Crippen LogP contribution >= 0.6 is 15.9 Å². The molecule has 0 bridgehead atoms. The summed E-state index contributed by atoms with van der Waals surface area (Å²) in [7, 11) is 0. The third-order valence-electron chi connectivity index (χ3n) is 2.71. The fourth-order valence-corrected chi connectivity index (χ4v) is 1.75. The van der Waals surface area contributed by atoms with E-state index < -0.39 is 11.4 Å². The van der Waals surface area contributed by atoms with Gasteiger partial charge in [0.25, 0.3) is 0 Å². The summed E-state index contributed by atoms with van der Waals surface area (Å²) in [6, 6.07) is 5.49. The Bertz CT molecular complexity index is 407. The van der Waals surface area contributed by atoms with Crippen molar-refractivity contribution in [2.24, 2.45) is 5.41 Å². The molecule has 1 aromatic heterocycles. The van der Waals surface area contributed by atoms with E-state index in [1.165, 1.54) is 0 Å². The van der Waals surface area contributed by atoms with Gasteiger partial charge in [-0.1, -0.05) is 6.07 Å². The highest BCUT2D eigenvalue weighted by Gasteiger charge is 2.25. The van der Waals surface area contributed by atoms with E-state index in [2.05, 4.69) is 20.9 Å². The fraction of sp³-hybridized carbons (Fsp3) is 0.538. The molecule has 18 heavy (non-hydrogen) atoms. The first kappa shape index (κ1) is 15.0. The number of carbonyl (C=O) groups is 1. The third kappa shape index (κ3) is 5.04. The number of ether oxygens (including phenoxy) is 1. The van der Waals surface area contributed by atoms with Crippen molar-refractivity contribution in [2.45, 2.75) is 33.1 Å². The highest BCUT2D eigenvalue weighted by atomic mass is 79.9. The van der Waals surface area contributed by atoms with Crippen LogP contribution in [0.2, 0.25) is 0 Å². The van der Waals surface area contributed by atoms with E-state index in [1.807, 2.05) is 12.1 Å². The Balaban J connectivity index is 2.22. The Hall–Kier alpha value is -1.10. The van der Waals surface area contributed by atoms with Crippen molar-refractivity contribution in [1.82, 2.24) is 4.98 Å². The molecule has 0 radical (unpaired) electrons. The summed E-state index contributed by atoms with van der Waals surface area (Å²) in [6.07, 6.45) is 2.30. The Morgan fingerprint density at radius 2 is 2.17 bits per heavy atom. The molecule has 1 aromatic rings. The standard InChI is InChI=1S/C13H18BrNO3/c1-13(2,12(16)17)8-3-4-9-18-11-7-5-6-10(14)15-11/h5-7H,3-4,8-9H2,1-2H3,(H,16,17). The summed E-state index contributed by atoms with van der Waals surface area (Å²) < 4.78 is 6.22. The number of carboxylic acid groups (broad SMARTS) is 1. The number of nitrogens with zero attached hydrogens (tertiary/aromatic N) is 1. The van der Waals surface area contributed by atoms with Gasteiger partial charge in [-0.2, -0.15) is 0 Å². The van der Waals surface area contributed by atoms with Crippen LogP contribution < -0.4 is 4.74 Å². The van der Waals surface area contributed by atoms with E-state index in [4.69, 9.17) is 9.84 Å². The minimum atomic E-state index is -0.753. The van der Waals surface area contributed by atoms with Crippen molar-refractivity contribution < 1.29 is 14.6 Å². The Morgan fingerprint density at radius 3 is 2.78 bits per heavy atom. The average molecular weight is 316 g/mol. The molecule has 0 unspecified atom stereocenters. The lowest BCUT2D eigenvalue weighted by atomic mass is 9.87. The molecule has 0 aliphatic rings. The zero-order chi connectivity index (χ0) is 13.6. The van der Waals surface area contributed by atoms with E-state index in [0.717, 1.165) is 17.4 Å². The van der Waals surface area contributed by atoms with Crippen molar-refractivity contribution in [2.75, 3.05) is 6.61 Å². The number of aliphatic carboxylic acids is 1. The van der Waals surface area contributed by atoms with Crippen LogP contribution in [0, 0.1) is 5.41 Å². The fourth-order valence-electron chi connectivity index (χ4n) is 1.42. The first-order chi connectivity index (χ1) is 8.42. The molecule has 0 saturated carbocycles. The number of unbranched alkanes of at least 4 members (excludes halogenated alkanes) is 1. The topological polar surface area (TPSA) is 59.4 Å². The van der Waals surface area contributed by atoms with E-state index in [1.54, 1.807) is 19.9 Å². The van der Waals surface area contributed by atoms with Crippen molar-refractivity contribution in [3.8, 4) is 5.88 Å². The van der Waals surface area contributed by atoms with Crippen molar-refractivity contribution in [1.29, 1.82) is 0 Å². The summed E-state index contributed by atoms with van der Waals surface area (Å²) in [5, 5.41) is 8.96. The Morgan fingerprint density at radius 1 is 1.44 bits per heavy atom. The normalized spacial score (nSPS) is 11.3. The summed E-state index contributed by atoms with van der Waals surface area (Å²) in [5.74, 6) is -0.168. The van der Waals surface area contributed by atoms with Gasteiger partial charge in [0.05, 0.1) is 12.0 Å². The van der Waals surface area contributed by atoms with E-state index in [0.29, 0.717) is 18.9 Å². The SMILES string of the molecule is CC(C)(CCCCOc1cccc(Br)n1)C(=O)O. The number of halogens is 1. The number of rotatable bonds is 7. The first-order valence-electron chi connectivity index (χ1n) is 5.90. The predicted molar refractivity (Wildman–Crippen MR) is 72.7 cm³/mol. The highest BCUT2D eigenvalue weighted by molar-refractivity contribution is 9.10. The maximum absolute atomic E-state index is 10.9. The van der Waals surface area contributed by atoms with Crippen molar-refractivity contribution in [3.05, 3.63) is 22.8 Å². The highest BCUT2D eigenvalue weighted by Crippen LogP contribution is 2.23. The molecule has 0 amide bonds. The van der Waals surface area contributed by atoms with Crippen LogP contribution in [0.15, 0.2) is 22.8 Å². The monoisotopic (exact) mass is 315 g/mol. The summed E-state index contributed by atoms with van der Waals surface area (Å²) in [4.78, 5) is 15.0. The maximum atomic E-state index is 10.9. The largest absolute Gasteiger partial charge is 0.481 e.